The third-order valence-electron chi connectivity index (χ3n) is 2.67. The van der Waals surface area contributed by atoms with E-state index in [2.05, 4.69) is 26.2 Å². The number of rotatable bonds is 4. The maximum Gasteiger partial charge on any atom is 0.252 e. The van der Waals surface area contributed by atoms with Crippen molar-refractivity contribution in [2.45, 2.75) is 31.8 Å². The molecule has 0 aromatic carbocycles. The SMILES string of the molecule is C[C@H](O)CNC(=O)c1cc(C2CC2)ncc1Br. The van der Waals surface area contributed by atoms with Gasteiger partial charge in [-0.15, -0.1) is 0 Å². The Kier molecular flexibility index (Phi) is 3.79. The first-order chi connectivity index (χ1) is 8.08. The van der Waals surface area contributed by atoms with Crippen molar-refractivity contribution in [3.63, 3.8) is 0 Å². The summed E-state index contributed by atoms with van der Waals surface area (Å²) in [7, 11) is 0. The number of amides is 1. The monoisotopic (exact) mass is 298 g/mol. The summed E-state index contributed by atoms with van der Waals surface area (Å²) in [6.45, 7) is 1.89. The van der Waals surface area contributed by atoms with E-state index in [4.69, 9.17) is 5.11 Å². The van der Waals surface area contributed by atoms with E-state index in [9.17, 15) is 4.79 Å². The molecule has 0 aliphatic heterocycles. The molecule has 0 saturated heterocycles. The third-order valence-corrected chi connectivity index (χ3v) is 3.31. The lowest BCUT2D eigenvalue weighted by atomic mass is 10.1. The van der Waals surface area contributed by atoms with Crippen LogP contribution in [0.4, 0.5) is 0 Å². The van der Waals surface area contributed by atoms with Crippen molar-refractivity contribution in [1.82, 2.24) is 10.3 Å². The number of carbonyl (C=O) groups is 1. The average Bonchev–Trinajstić information content (AvgIpc) is 3.10. The Morgan fingerprint density at radius 2 is 2.41 bits per heavy atom. The second kappa shape index (κ2) is 5.14. The fourth-order valence-electron chi connectivity index (χ4n) is 1.57. The minimum atomic E-state index is -0.539. The average molecular weight is 299 g/mol. The lowest BCUT2D eigenvalue weighted by Crippen LogP contribution is -2.30. The van der Waals surface area contributed by atoms with Crippen LogP contribution in [0.5, 0.6) is 0 Å². The predicted octanol–water partition coefficient (Wildman–Crippen LogP) is 1.83. The molecule has 1 aromatic rings. The number of aliphatic hydroxyl groups excluding tert-OH is 1. The largest absolute Gasteiger partial charge is 0.392 e. The molecule has 17 heavy (non-hydrogen) atoms. The van der Waals surface area contributed by atoms with Gasteiger partial charge in [-0.3, -0.25) is 9.78 Å². The molecule has 5 heteroatoms. The molecule has 1 aromatic heterocycles. The van der Waals surface area contributed by atoms with Crippen LogP contribution in [0.15, 0.2) is 16.7 Å². The van der Waals surface area contributed by atoms with Gasteiger partial charge in [-0.1, -0.05) is 0 Å². The standard InChI is InChI=1S/C12H15BrN2O2/c1-7(16)5-15-12(17)9-4-11(8-2-3-8)14-6-10(9)13/h4,6-8,16H,2-3,5H2,1H3,(H,15,17)/t7-/m0/s1. The van der Waals surface area contributed by atoms with Gasteiger partial charge in [0.25, 0.3) is 5.91 Å². The molecule has 4 nitrogen and oxygen atoms in total. The first-order valence-electron chi connectivity index (χ1n) is 5.69. The van der Waals surface area contributed by atoms with E-state index in [1.54, 1.807) is 13.1 Å². The van der Waals surface area contributed by atoms with Crippen LogP contribution in [0.25, 0.3) is 0 Å². The first kappa shape index (κ1) is 12.5. The highest BCUT2D eigenvalue weighted by Crippen LogP contribution is 2.39. The minimum Gasteiger partial charge on any atom is -0.392 e. The Morgan fingerprint density at radius 3 is 3.00 bits per heavy atom. The summed E-state index contributed by atoms with van der Waals surface area (Å²) in [6.07, 6.45) is 3.44. The molecular weight excluding hydrogens is 284 g/mol. The molecule has 0 unspecified atom stereocenters. The van der Waals surface area contributed by atoms with Gasteiger partial charge in [0.1, 0.15) is 0 Å². The number of halogens is 1. The molecule has 0 bridgehead atoms. The maximum absolute atomic E-state index is 11.9. The fourth-order valence-corrected chi connectivity index (χ4v) is 1.96. The number of aromatic nitrogens is 1. The van der Waals surface area contributed by atoms with Crippen LogP contribution >= 0.6 is 15.9 Å². The van der Waals surface area contributed by atoms with Crippen LogP contribution in [-0.4, -0.2) is 28.6 Å². The summed E-state index contributed by atoms with van der Waals surface area (Å²) in [5.74, 6) is 0.341. The second-order valence-corrected chi connectivity index (χ2v) is 5.28. The number of carbonyl (C=O) groups excluding carboxylic acids is 1. The van der Waals surface area contributed by atoms with E-state index in [1.807, 2.05) is 6.07 Å². The van der Waals surface area contributed by atoms with E-state index in [0.29, 0.717) is 16.0 Å². The van der Waals surface area contributed by atoms with Gasteiger partial charge in [-0.25, -0.2) is 0 Å². The Hall–Kier alpha value is -0.940. The molecule has 1 amide bonds. The van der Waals surface area contributed by atoms with Crippen LogP contribution in [0.2, 0.25) is 0 Å². The summed E-state index contributed by atoms with van der Waals surface area (Å²) < 4.78 is 0.685. The molecule has 1 saturated carbocycles. The van der Waals surface area contributed by atoms with Crippen LogP contribution in [0, 0.1) is 0 Å². The van der Waals surface area contributed by atoms with E-state index in [1.165, 1.54) is 0 Å². The second-order valence-electron chi connectivity index (χ2n) is 4.42. The fraction of sp³-hybridized carbons (Fsp3) is 0.500. The zero-order chi connectivity index (χ0) is 12.4. The van der Waals surface area contributed by atoms with Crippen molar-refractivity contribution in [3.05, 3.63) is 28.0 Å². The Bertz CT molecular complexity index is 431. The number of hydrogen-bond donors (Lipinski definition) is 2. The lowest BCUT2D eigenvalue weighted by molar-refractivity contribution is 0.0923. The summed E-state index contributed by atoms with van der Waals surface area (Å²) in [5, 5.41) is 11.8. The van der Waals surface area contributed by atoms with Gasteiger partial charge < -0.3 is 10.4 Å². The number of pyridine rings is 1. The molecule has 0 spiro atoms. The van der Waals surface area contributed by atoms with Crippen molar-refractivity contribution in [2.24, 2.45) is 0 Å². The number of nitrogens with one attached hydrogen (secondary N) is 1. The summed E-state index contributed by atoms with van der Waals surface area (Å²) in [5.41, 5.74) is 1.57. The summed E-state index contributed by atoms with van der Waals surface area (Å²) in [4.78, 5) is 16.2. The zero-order valence-electron chi connectivity index (χ0n) is 9.61. The quantitative estimate of drug-likeness (QED) is 0.891. The molecule has 0 radical (unpaired) electrons. The predicted molar refractivity (Wildman–Crippen MR) is 67.9 cm³/mol. The lowest BCUT2D eigenvalue weighted by Gasteiger charge is -2.09. The number of hydrogen-bond acceptors (Lipinski definition) is 3. The van der Waals surface area contributed by atoms with Gasteiger partial charge in [0.15, 0.2) is 0 Å². The molecule has 2 N–H and O–H groups in total. The Labute approximate surface area is 109 Å². The van der Waals surface area contributed by atoms with Crippen LogP contribution in [0.1, 0.15) is 41.7 Å². The normalized spacial score (nSPS) is 16.6. The van der Waals surface area contributed by atoms with Crippen molar-refractivity contribution < 1.29 is 9.90 Å². The topological polar surface area (TPSA) is 62.2 Å². The summed E-state index contributed by atoms with van der Waals surface area (Å²) in [6, 6.07) is 1.83. The van der Waals surface area contributed by atoms with Crippen LogP contribution in [0.3, 0.4) is 0 Å². The minimum absolute atomic E-state index is 0.179. The van der Waals surface area contributed by atoms with Crippen molar-refractivity contribution in [1.29, 1.82) is 0 Å². The first-order valence-corrected chi connectivity index (χ1v) is 6.49. The van der Waals surface area contributed by atoms with E-state index in [0.717, 1.165) is 18.5 Å². The molecule has 92 valence electrons. The Morgan fingerprint density at radius 1 is 1.71 bits per heavy atom. The highest BCUT2D eigenvalue weighted by atomic mass is 79.9. The van der Waals surface area contributed by atoms with Crippen molar-refractivity contribution in [2.75, 3.05) is 6.54 Å². The van der Waals surface area contributed by atoms with E-state index in [-0.39, 0.29) is 12.5 Å². The molecule has 1 aliphatic carbocycles. The smallest absolute Gasteiger partial charge is 0.252 e. The molecule has 1 fully saturated rings. The van der Waals surface area contributed by atoms with Gasteiger partial charge in [0.2, 0.25) is 0 Å². The van der Waals surface area contributed by atoms with E-state index >= 15 is 0 Å². The third kappa shape index (κ3) is 3.26. The van der Waals surface area contributed by atoms with Gasteiger partial charge in [0, 0.05) is 28.8 Å². The number of nitrogens with zero attached hydrogens (tertiary/aromatic N) is 1. The van der Waals surface area contributed by atoms with Crippen LogP contribution < -0.4 is 5.32 Å². The molecule has 1 heterocycles. The Balaban J connectivity index is 2.12. The van der Waals surface area contributed by atoms with Crippen molar-refractivity contribution >= 4 is 21.8 Å². The summed E-state index contributed by atoms with van der Waals surface area (Å²) >= 11 is 3.32. The highest BCUT2D eigenvalue weighted by molar-refractivity contribution is 9.10. The molecular formula is C12H15BrN2O2. The van der Waals surface area contributed by atoms with Gasteiger partial charge in [-0.05, 0) is 41.8 Å². The number of aliphatic hydroxyl groups is 1. The molecule has 1 aliphatic rings. The molecule has 1 atom stereocenters. The molecule has 2 rings (SSSR count). The van der Waals surface area contributed by atoms with Crippen LogP contribution in [-0.2, 0) is 0 Å². The maximum atomic E-state index is 11.9. The van der Waals surface area contributed by atoms with Gasteiger partial charge in [-0.2, -0.15) is 0 Å². The highest BCUT2D eigenvalue weighted by Gasteiger charge is 2.26. The van der Waals surface area contributed by atoms with Gasteiger partial charge in [0.05, 0.1) is 11.7 Å². The van der Waals surface area contributed by atoms with Gasteiger partial charge >= 0.3 is 0 Å². The zero-order valence-corrected chi connectivity index (χ0v) is 11.2. The van der Waals surface area contributed by atoms with E-state index < -0.39 is 6.10 Å². The van der Waals surface area contributed by atoms with Crippen molar-refractivity contribution in [3.8, 4) is 0 Å².